The second kappa shape index (κ2) is 7.87. The van der Waals surface area contributed by atoms with Gasteiger partial charge in [-0.15, -0.1) is 0 Å². The average molecular weight is 436 g/mol. The first kappa shape index (κ1) is 23.1. The van der Waals surface area contributed by atoms with Crippen molar-refractivity contribution in [2.24, 2.45) is 17.3 Å². The lowest BCUT2D eigenvalue weighted by atomic mass is 9.54. The minimum absolute atomic E-state index is 0.0566. The third kappa shape index (κ3) is 3.70. The maximum Gasteiger partial charge on any atom is 0.338 e. The Hall–Kier alpha value is -2.52. The number of hydrogen-bond donors (Lipinski definition) is 1. The first-order chi connectivity index (χ1) is 14.4. The van der Waals surface area contributed by atoms with Crippen molar-refractivity contribution in [1.29, 1.82) is 0 Å². The zero-order valence-electron chi connectivity index (χ0n) is 18.1. The Kier molecular flexibility index (Phi) is 5.88. The van der Waals surface area contributed by atoms with E-state index in [4.69, 9.17) is 18.9 Å². The summed E-state index contributed by atoms with van der Waals surface area (Å²) in [6, 6.07) is 0. The minimum Gasteiger partial charge on any atom is -0.459 e. The molecule has 8 atom stereocenters. The molecule has 3 aliphatic rings. The van der Waals surface area contributed by atoms with Crippen molar-refractivity contribution in [2.45, 2.75) is 64.1 Å². The molecule has 0 aromatic carbocycles. The van der Waals surface area contributed by atoms with Crippen LogP contribution in [0, 0.1) is 17.3 Å². The van der Waals surface area contributed by atoms with E-state index in [2.05, 4.69) is 13.2 Å². The van der Waals surface area contributed by atoms with Crippen LogP contribution in [0.25, 0.3) is 0 Å². The molecule has 2 bridgehead atoms. The molecule has 9 nitrogen and oxygen atoms in total. The lowest BCUT2D eigenvalue weighted by molar-refractivity contribution is -0.238. The van der Waals surface area contributed by atoms with E-state index < -0.39 is 65.2 Å². The van der Waals surface area contributed by atoms with Gasteiger partial charge in [-0.1, -0.05) is 27.0 Å². The summed E-state index contributed by atoms with van der Waals surface area (Å²) in [4.78, 5) is 49.1. The monoisotopic (exact) mass is 436 g/mol. The Bertz CT molecular complexity index is 840. The van der Waals surface area contributed by atoms with Crippen molar-refractivity contribution in [2.75, 3.05) is 6.61 Å². The molecule has 1 N–H and O–H groups in total. The Morgan fingerprint density at radius 2 is 1.97 bits per heavy atom. The van der Waals surface area contributed by atoms with Gasteiger partial charge < -0.3 is 24.1 Å². The SMILES string of the molecule is C=C1C(=O)O[C@H]2[C@@H](OC(C)=O)[C@@H]1[C@H](OC(=O)C(C)(O)CC)[C@H](C(=C)C=O)[C@@]2(C)[C@@H]1CO1. The van der Waals surface area contributed by atoms with Gasteiger partial charge in [0.2, 0.25) is 0 Å². The molecule has 2 aliphatic heterocycles. The molecule has 1 saturated carbocycles. The second-order valence-corrected chi connectivity index (χ2v) is 8.81. The number of esters is 3. The van der Waals surface area contributed by atoms with E-state index in [1.165, 1.54) is 13.8 Å². The van der Waals surface area contributed by atoms with Gasteiger partial charge in [-0.05, 0) is 18.9 Å². The lowest BCUT2D eigenvalue weighted by Crippen LogP contribution is -2.69. The molecule has 1 unspecified atom stereocenters. The first-order valence-corrected chi connectivity index (χ1v) is 10.2. The van der Waals surface area contributed by atoms with Gasteiger partial charge in [0.25, 0.3) is 0 Å². The molecule has 2 heterocycles. The third-order valence-electron chi connectivity index (χ3n) is 6.77. The number of epoxide rings is 1. The molecule has 170 valence electrons. The second-order valence-electron chi connectivity index (χ2n) is 8.81. The fourth-order valence-electron chi connectivity index (χ4n) is 4.72. The highest BCUT2D eigenvalue weighted by atomic mass is 16.6. The van der Waals surface area contributed by atoms with E-state index in [9.17, 15) is 24.3 Å². The van der Waals surface area contributed by atoms with Crippen LogP contribution < -0.4 is 0 Å². The molecule has 9 heteroatoms. The molecule has 0 aromatic heterocycles. The number of aldehydes is 1. The van der Waals surface area contributed by atoms with E-state index in [0.29, 0.717) is 12.9 Å². The Morgan fingerprint density at radius 3 is 2.45 bits per heavy atom. The summed E-state index contributed by atoms with van der Waals surface area (Å²) < 4.78 is 22.4. The lowest BCUT2D eigenvalue weighted by Gasteiger charge is -2.57. The summed E-state index contributed by atoms with van der Waals surface area (Å²) in [5.41, 5.74) is -2.84. The summed E-state index contributed by atoms with van der Waals surface area (Å²) in [6.07, 6.45) is -2.99. The predicted molar refractivity (Wildman–Crippen MR) is 105 cm³/mol. The Balaban J connectivity index is 2.18. The average Bonchev–Trinajstić information content (AvgIpc) is 3.54. The van der Waals surface area contributed by atoms with Crippen LogP contribution in [0.2, 0.25) is 0 Å². The normalized spacial score (nSPS) is 38.4. The Morgan fingerprint density at radius 1 is 1.35 bits per heavy atom. The van der Waals surface area contributed by atoms with Crippen LogP contribution in [0.3, 0.4) is 0 Å². The molecule has 0 radical (unpaired) electrons. The predicted octanol–water partition coefficient (Wildman–Crippen LogP) is 0.879. The first-order valence-electron chi connectivity index (χ1n) is 10.2. The zero-order valence-corrected chi connectivity index (χ0v) is 18.1. The maximum absolute atomic E-state index is 12.8. The van der Waals surface area contributed by atoms with Gasteiger partial charge in [0.05, 0.1) is 18.6 Å². The zero-order chi connectivity index (χ0) is 23.3. The van der Waals surface area contributed by atoms with Crippen LogP contribution in [-0.2, 0) is 38.1 Å². The van der Waals surface area contributed by atoms with Crippen LogP contribution in [0.1, 0.15) is 34.1 Å². The number of carbonyl (C=O) groups excluding carboxylic acids is 4. The summed E-state index contributed by atoms with van der Waals surface area (Å²) in [7, 11) is 0. The van der Waals surface area contributed by atoms with Gasteiger partial charge in [-0.3, -0.25) is 9.59 Å². The fourth-order valence-corrected chi connectivity index (χ4v) is 4.72. The van der Waals surface area contributed by atoms with E-state index >= 15 is 0 Å². The molecule has 0 spiro atoms. The minimum atomic E-state index is -1.80. The summed E-state index contributed by atoms with van der Waals surface area (Å²) in [6.45, 7) is 13.8. The van der Waals surface area contributed by atoms with Crippen LogP contribution in [0.5, 0.6) is 0 Å². The standard InChI is InChI=1S/C22H28O9/c1-7-21(5,27)20(26)30-16-14-11(3)19(25)31-18(17(14)29-12(4)24)22(6,13-9-28-13)15(16)10(2)8-23/h8,13-18,27H,2-3,7,9H2,1,4-6H3/t13-,14-,15-,16-,17-,18-,21?,22+/m0/s1. The van der Waals surface area contributed by atoms with Crippen LogP contribution >= 0.6 is 0 Å². The Labute approximate surface area is 180 Å². The number of carbonyl (C=O) groups is 4. The number of hydrogen-bond acceptors (Lipinski definition) is 9. The smallest absolute Gasteiger partial charge is 0.338 e. The number of rotatable bonds is 7. The summed E-state index contributed by atoms with van der Waals surface area (Å²) >= 11 is 0. The highest BCUT2D eigenvalue weighted by molar-refractivity contribution is 5.90. The number of fused-ring (bicyclic) bond motifs is 2. The molecule has 0 aromatic rings. The number of ether oxygens (including phenoxy) is 4. The molecule has 0 amide bonds. The highest BCUT2D eigenvalue weighted by Gasteiger charge is 2.70. The van der Waals surface area contributed by atoms with Crippen molar-refractivity contribution < 1.29 is 43.2 Å². The van der Waals surface area contributed by atoms with Crippen LogP contribution in [0.15, 0.2) is 24.3 Å². The van der Waals surface area contributed by atoms with Crippen molar-refractivity contribution in [3.8, 4) is 0 Å². The molecule has 3 fully saturated rings. The van der Waals surface area contributed by atoms with Crippen LogP contribution in [0.4, 0.5) is 0 Å². The van der Waals surface area contributed by atoms with Gasteiger partial charge in [-0.25, -0.2) is 9.59 Å². The molecular weight excluding hydrogens is 408 g/mol. The van der Waals surface area contributed by atoms with Gasteiger partial charge in [0.15, 0.2) is 5.60 Å². The number of aliphatic hydroxyl groups is 1. The topological polar surface area (TPSA) is 129 Å². The van der Waals surface area contributed by atoms with E-state index in [1.54, 1.807) is 13.8 Å². The van der Waals surface area contributed by atoms with Gasteiger partial charge >= 0.3 is 17.9 Å². The largest absolute Gasteiger partial charge is 0.459 e. The van der Waals surface area contributed by atoms with Crippen LogP contribution in [-0.4, -0.2) is 65.9 Å². The summed E-state index contributed by atoms with van der Waals surface area (Å²) in [5.74, 6) is -4.09. The van der Waals surface area contributed by atoms with E-state index in [0.717, 1.165) is 0 Å². The third-order valence-corrected chi connectivity index (χ3v) is 6.77. The van der Waals surface area contributed by atoms with Crippen molar-refractivity contribution in [1.82, 2.24) is 0 Å². The van der Waals surface area contributed by atoms with Gasteiger partial charge in [0, 0.05) is 23.8 Å². The highest BCUT2D eigenvalue weighted by Crippen LogP contribution is 2.58. The molecule has 3 rings (SSSR count). The summed E-state index contributed by atoms with van der Waals surface area (Å²) in [5, 5.41) is 10.4. The molecular formula is C22H28O9. The van der Waals surface area contributed by atoms with E-state index in [-0.39, 0.29) is 17.6 Å². The van der Waals surface area contributed by atoms with Gasteiger partial charge in [-0.2, -0.15) is 0 Å². The quantitative estimate of drug-likeness (QED) is 0.203. The maximum atomic E-state index is 12.8. The van der Waals surface area contributed by atoms with Crippen molar-refractivity contribution in [3.63, 3.8) is 0 Å². The molecule has 31 heavy (non-hydrogen) atoms. The van der Waals surface area contributed by atoms with Crippen molar-refractivity contribution in [3.05, 3.63) is 24.3 Å². The molecule has 1 aliphatic carbocycles. The van der Waals surface area contributed by atoms with Crippen molar-refractivity contribution >= 4 is 24.2 Å². The van der Waals surface area contributed by atoms with E-state index in [1.807, 2.05) is 0 Å². The van der Waals surface area contributed by atoms with Gasteiger partial charge in [0.1, 0.15) is 24.6 Å². The fraction of sp³-hybridized carbons (Fsp3) is 0.636. The molecule has 2 saturated heterocycles.